The molecule has 5 heteroatoms. The molecule has 0 radical (unpaired) electrons. The molecule has 0 aliphatic carbocycles. The van der Waals surface area contributed by atoms with Crippen molar-refractivity contribution in [3.05, 3.63) is 41.5 Å². The maximum Gasteiger partial charge on any atom is 0.141 e. The molecule has 3 aromatic rings. The zero-order chi connectivity index (χ0) is 16.7. The first-order valence-corrected chi connectivity index (χ1v) is 9.15. The molecule has 0 bridgehead atoms. The minimum absolute atomic E-state index is 0.207. The third-order valence-corrected chi connectivity index (χ3v) is 5.44. The lowest BCUT2D eigenvalue weighted by molar-refractivity contribution is -0.00537. The number of ether oxygens (including phenoxy) is 1. The van der Waals surface area contributed by atoms with Gasteiger partial charge < -0.3 is 9.64 Å². The van der Waals surface area contributed by atoms with E-state index in [2.05, 4.69) is 66.0 Å². The quantitative estimate of drug-likeness (QED) is 0.698. The van der Waals surface area contributed by atoms with Crippen molar-refractivity contribution in [2.75, 3.05) is 18.0 Å². The summed E-state index contributed by atoms with van der Waals surface area (Å²) in [5, 5.41) is 1.17. The summed E-state index contributed by atoms with van der Waals surface area (Å²) in [6, 6.07) is 10.5. The summed E-state index contributed by atoms with van der Waals surface area (Å²) in [6.07, 6.45) is 2.10. The van der Waals surface area contributed by atoms with Gasteiger partial charge in [-0.25, -0.2) is 9.97 Å². The summed E-state index contributed by atoms with van der Waals surface area (Å²) in [6.45, 7) is 8.14. The second-order valence-electron chi connectivity index (χ2n) is 6.44. The standard InChI is InChI=1S/C19H21N3OS/c1-12-9-22(10-13(2)23-12)18-17-16(15-7-5-4-6-8-15)14(3)24-19(17)21-11-20-18/h4-8,11-13H,9-10H2,1-3H3/t12-,13+. The van der Waals surface area contributed by atoms with E-state index in [1.54, 1.807) is 17.7 Å². The lowest BCUT2D eigenvalue weighted by Gasteiger charge is -2.36. The van der Waals surface area contributed by atoms with E-state index in [0.717, 1.165) is 23.7 Å². The molecule has 124 valence electrons. The molecule has 4 rings (SSSR count). The maximum atomic E-state index is 5.89. The number of aromatic nitrogens is 2. The summed E-state index contributed by atoms with van der Waals surface area (Å²) in [7, 11) is 0. The summed E-state index contributed by atoms with van der Waals surface area (Å²) < 4.78 is 5.89. The minimum atomic E-state index is 0.207. The Morgan fingerprint density at radius 3 is 2.50 bits per heavy atom. The molecule has 2 aromatic heterocycles. The second kappa shape index (κ2) is 6.15. The Hall–Kier alpha value is -1.98. The molecule has 1 aromatic carbocycles. The van der Waals surface area contributed by atoms with Crippen molar-refractivity contribution in [2.45, 2.75) is 33.0 Å². The van der Waals surface area contributed by atoms with E-state index < -0.39 is 0 Å². The Morgan fingerprint density at radius 2 is 1.79 bits per heavy atom. The van der Waals surface area contributed by atoms with Crippen LogP contribution < -0.4 is 4.90 Å². The number of nitrogens with zero attached hydrogens (tertiary/aromatic N) is 3. The summed E-state index contributed by atoms with van der Waals surface area (Å²) in [4.78, 5) is 13.9. The van der Waals surface area contributed by atoms with E-state index in [9.17, 15) is 0 Å². The highest BCUT2D eigenvalue weighted by Gasteiger charge is 2.26. The first-order valence-electron chi connectivity index (χ1n) is 8.33. The molecule has 24 heavy (non-hydrogen) atoms. The van der Waals surface area contributed by atoms with Crippen LogP contribution in [-0.4, -0.2) is 35.3 Å². The smallest absolute Gasteiger partial charge is 0.141 e. The average molecular weight is 339 g/mol. The molecule has 0 N–H and O–H groups in total. The minimum Gasteiger partial charge on any atom is -0.372 e. The number of morpholine rings is 1. The van der Waals surface area contributed by atoms with E-state index in [1.165, 1.54) is 21.4 Å². The molecule has 0 saturated carbocycles. The fourth-order valence-electron chi connectivity index (χ4n) is 3.57. The fourth-order valence-corrected chi connectivity index (χ4v) is 4.58. The Morgan fingerprint density at radius 1 is 1.08 bits per heavy atom. The van der Waals surface area contributed by atoms with Crippen LogP contribution in [0.2, 0.25) is 0 Å². The van der Waals surface area contributed by atoms with Crippen LogP contribution in [0.15, 0.2) is 36.7 Å². The maximum absolute atomic E-state index is 5.89. The van der Waals surface area contributed by atoms with Gasteiger partial charge in [-0.1, -0.05) is 30.3 Å². The molecule has 1 saturated heterocycles. The Kier molecular flexibility index (Phi) is 3.98. The van der Waals surface area contributed by atoms with Gasteiger partial charge in [0.15, 0.2) is 0 Å². The molecule has 0 amide bonds. The molecule has 1 aliphatic rings. The number of thiophene rings is 1. The van der Waals surface area contributed by atoms with Crippen LogP contribution in [-0.2, 0) is 4.74 Å². The highest BCUT2D eigenvalue weighted by atomic mass is 32.1. The van der Waals surface area contributed by atoms with Crippen molar-refractivity contribution >= 4 is 27.4 Å². The van der Waals surface area contributed by atoms with E-state index in [4.69, 9.17) is 4.74 Å². The molecule has 0 unspecified atom stereocenters. The van der Waals surface area contributed by atoms with Crippen LogP contribution in [0.25, 0.3) is 21.3 Å². The summed E-state index contributed by atoms with van der Waals surface area (Å²) in [5.74, 6) is 1.03. The molecular weight excluding hydrogens is 318 g/mol. The number of aryl methyl sites for hydroxylation is 1. The zero-order valence-corrected chi connectivity index (χ0v) is 15.0. The fraction of sp³-hybridized carbons (Fsp3) is 0.368. The number of rotatable bonds is 2. The van der Waals surface area contributed by atoms with Crippen LogP contribution >= 0.6 is 11.3 Å². The van der Waals surface area contributed by atoms with Gasteiger partial charge in [0, 0.05) is 23.5 Å². The Balaban J connectivity index is 1.91. The van der Waals surface area contributed by atoms with Crippen molar-refractivity contribution < 1.29 is 4.74 Å². The van der Waals surface area contributed by atoms with Crippen LogP contribution in [0.5, 0.6) is 0 Å². The van der Waals surface area contributed by atoms with E-state index >= 15 is 0 Å². The van der Waals surface area contributed by atoms with E-state index in [1.807, 2.05) is 0 Å². The van der Waals surface area contributed by atoms with Crippen molar-refractivity contribution in [1.29, 1.82) is 0 Å². The van der Waals surface area contributed by atoms with Crippen LogP contribution in [0.3, 0.4) is 0 Å². The predicted octanol–water partition coefficient (Wildman–Crippen LogP) is 4.28. The average Bonchev–Trinajstić information content (AvgIpc) is 2.90. The lowest BCUT2D eigenvalue weighted by atomic mass is 10.0. The first kappa shape index (κ1) is 15.5. The van der Waals surface area contributed by atoms with Crippen molar-refractivity contribution in [3.8, 4) is 11.1 Å². The van der Waals surface area contributed by atoms with Gasteiger partial charge in [-0.15, -0.1) is 11.3 Å². The number of hydrogen-bond acceptors (Lipinski definition) is 5. The number of hydrogen-bond donors (Lipinski definition) is 0. The molecular formula is C19H21N3OS. The van der Waals surface area contributed by atoms with Gasteiger partial charge in [-0.3, -0.25) is 0 Å². The van der Waals surface area contributed by atoms with Crippen molar-refractivity contribution in [2.24, 2.45) is 0 Å². The number of fused-ring (bicyclic) bond motifs is 1. The van der Waals surface area contributed by atoms with Gasteiger partial charge in [-0.2, -0.15) is 0 Å². The van der Waals surface area contributed by atoms with Crippen LogP contribution in [0.1, 0.15) is 18.7 Å². The Bertz CT molecular complexity index is 852. The molecule has 1 aliphatic heterocycles. The topological polar surface area (TPSA) is 38.2 Å². The van der Waals surface area contributed by atoms with Gasteiger partial charge in [0.2, 0.25) is 0 Å². The highest BCUT2D eigenvalue weighted by Crippen LogP contribution is 2.41. The SMILES string of the molecule is Cc1sc2ncnc(N3C[C@@H](C)O[C@@H](C)C3)c2c1-c1ccccc1. The van der Waals surface area contributed by atoms with Gasteiger partial charge in [0.05, 0.1) is 17.6 Å². The summed E-state index contributed by atoms with van der Waals surface area (Å²) >= 11 is 1.74. The summed E-state index contributed by atoms with van der Waals surface area (Å²) in [5.41, 5.74) is 2.49. The predicted molar refractivity (Wildman–Crippen MR) is 99.8 cm³/mol. The molecule has 4 nitrogen and oxygen atoms in total. The van der Waals surface area contributed by atoms with Crippen molar-refractivity contribution in [3.63, 3.8) is 0 Å². The number of benzene rings is 1. The van der Waals surface area contributed by atoms with Crippen molar-refractivity contribution in [1.82, 2.24) is 9.97 Å². The molecule has 0 spiro atoms. The van der Waals surface area contributed by atoms with E-state index in [0.29, 0.717) is 0 Å². The van der Waals surface area contributed by atoms with Gasteiger partial charge in [0.1, 0.15) is 17.0 Å². The highest BCUT2D eigenvalue weighted by molar-refractivity contribution is 7.19. The largest absolute Gasteiger partial charge is 0.372 e. The lowest BCUT2D eigenvalue weighted by Crippen LogP contribution is -2.45. The Labute approximate surface area is 146 Å². The van der Waals surface area contributed by atoms with E-state index in [-0.39, 0.29) is 12.2 Å². The third-order valence-electron chi connectivity index (χ3n) is 4.43. The zero-order valence-electron chi connectivity index (χ0n) is 14.2. The molecule has 1 fully saturated rings. The third kappa shape index (κ3) is 2.68. The first-order chi connectivity index (χ1) is 11.6. The molecule has 2 atom stereocenters. The molecule has 3 heterocycles. The monoisotopic (exact) mass is 339 g/mol. The normalized spacial score (nSPS) is 21.4. The van der Waals surface area contributed by atoms with Gasteiger partial charge in [0.25, 0.3) is 0 Å². The second-order valence-corrected chi connectivity index (χ2v) is 7.64. The van der Waals surface area contributed by atoms with Crippen LogP contribution in [0, 0.1) is 6.92 Å². The number of anilines is 1. The van der Waals surface area contributed by atoms with Gasteiger partial charge >= 0.3 is 0 Å². The van der Waals surface area contributed by atoms with Gasteiger partial charge in [-0.05, 0) is 26.3 Å². The van der Waals surface area contributed by atoms with Crippen LogP contribution in [0.4, 0.5) is 5.82 Å².